The third-order valence-corrected chi connectivity index (χ3v) is 2.24. The van der Waals surface area contributed by atoms with Crippen LogP contribution in [0.2, 0.25) is 0 Å². The highest BCUT2D eigenvalue weighted by Gasteiger charge is 2.10. The molecule has 0 aliphatic rings. The first kappa shape index (κ1) is 8.74. The van der Waals surface area contributed by atoms with E-state index in [2.05, 4.69) is 28.0 Å². The Morgan fingerprint density at radius 2 is 2.45 bits per heavy atom. The summed E-state index contributed by atoms with van der Waals surface area (Å²) in [6, 6.07) is 0. The molecule has 3 nitrogen and oxygen atoms in total. The lowest BCUT2D eigenvalue weighted by Crippen LogP contribution is -2.10. The lowest BCUT2D eigenvalue weighted by molar-refractivity contribution is 0.685. The molecule has 2 N–H and O–H groups in total. The maximum absolute atomic E-state index is 5.51. The zero-order valence-corrected chi connectivity index (χ0v) is 8.30. The number of aromatic nitrogens is 2. The van der Waals surface area contributed by atoms with E-state index < -0.39 is 0 Å². The van der Waals surface area contributed by atoms with Gasteiger partial charge in [-0.05, 0) is 15.9 Å². The fraction of sp³-hybridized carbons (Fsp3) is 0.571. The fourth-order valence-electron chi connectivity index (χ4n) is 0.922. The molecule has 0 saturated carbocycles. The molecule has 4 heteroatoms. The second-order valence-electron chi connectivity index (χ2n) is 2.67. The summed E-state index contributed by atoms with van der Waals surface area (Å²) in [5, 5.41) is 4.27. The van der Waals surface area contributed by atoms with E-state index in [0.29, 0.717) is 12.5 Å². The van der Waals surface area contributed by atoms with Crippen molar-refractivity contribution in [1.29, 1.82) is 0 Å². The first-order valence-corrected chi connectivity index (χ1v) is 4.33. The van der Waals surface area contributed by atoms with Gasteiger partial charge in [-0.1, -0.05) is 6.92 Å². The molecule has 1 rings (SSSR count). The summed E-state index contributed by atoms with van der Waals surface area (Å²) in [6.07, 6.45) is 1.93. The van der Waals surface area contributed by atoms with Crippen LogP contribution in [0.4, 0.5) is 0 Å². The highest BCUT2D eigenvalue weighted by molar-refractivity contribution is 9.10. The second-order valence-corrected chi connectivity index (χ2v) is 3.53. The minimum atomic E-state index is 0.325. The molecule has 0 fully saturated rings. The highest BCUT2D eigenvalue weighted by atomic mass is 79.9. The standard InChI is InChI=1S/C7H12BrN3/c1-5(3-9)7-6(8)4-11(2)10-7/h4-5H,3,9H2,1-2H3. The summed E-state index contributed by atoms with van der Waals surface area (Å²) in [7, 11) is 1.90. The Bertz CT molecular complexity index is 244. The first-order chi connectivity index (χ1) is 5.15. The summed E-state index contributed by atoms with van der Waals surface area (Å²) >= 11 is 3.42. The maximum Gasteiger partial charge on any atom is 0.0807 e. The molecular weight excluding hydrogens is 206 g/mol. The molecule has 0 radical (unpaired) electrons. The predicted molar refractivity (Wildman–Crippen MR) is 48.4 cm³/mol. The number of nitrogens with two attached hydrogens (primary N) is 1. The van der Waals surface area contributed by atoms with E-state index in [1.165, 1.54) is 0 Å². The molecule has 1 aromatic heterocycles. The van der Waals surface area contributed by atoms with Crippen molar-refractivity contribution >= 4 is 15.9 Å². The third kappa shape index (κ3) is 1.81. The number of aryl methyl sites for hydroxylation is 1. The summed E-state index contributed by atoms with van der Waals surface area (Å²) in [5.41, 5.74) is 6.55. The van der Waals surface area contributed by atoms with E-state index in [1.54, 1.807) is 4.68 Å². The van der Waals surface area contributed by atoms with Crippen LogP contribution in [-0.2, 0) is 7.05 Å². The average molecular weight is 218 g/mol. The topological polar surface area (TPSA) is 43.8 Å². The molecule has 0 amide bonds. The minimum Gasteiger partial charge on any atom is -0.330 e. The van der Waals surface area contributed by atoms with Crippen molar-refractivity contribution in [2.45, 2.75) is 12.8 Å². The van der Waals surface area contributed by atoms with E-state index >= 15 is 0 Å². The summed E-state index contributed by atoms with van der Waals surface area (Å²) < 4.78 is 2.82. The SMILES string of the molecule is CC(CN)c1nn(C)cc1Br. The molecular formula is C7H12BrN3. The summed E-state index contributed by atoms with van der Waals surface area (Å²) in [4.78, 5) is 0. The molecule has 1 atom stereocenters. The van der Waals surface area contributed by atoms with E-state index in [0.717, 1.165) is 10.2 Å². The molecule has 1 aromatic rings. The average Bonchev–Trinajstić information content (AvgIpc) is 2.28. The van der Waals surface area contributed by atoms with Gasteiger partial charge in [0.15, 0.2) is 0 Å². The van der Waals surface area contributed by atoms with Crippen molar-refractivity contribution in [2.24, 2.45) is 12.8 Å². The number of nitrogens with zero attached hydrogens (tertiary/aromatic N) is 2. The number of halogens is 1. The number of hydrogen-bond donors (Lipinski definition) is 1. The van der Waals surface area contributed by atoms with Crippen LogP contribution in [-0.4, -0.2) is 16.3 Å². The van der Waals surface area contributed by atoms with Gasteiger partial charge in [0.25, 0.3) is 0 Å². The Morgan fingerprint density at radius 3 is 2.82 bits per heavy atom. The van der Waals surface area contributed by atoms with Gasteiger partial charge in [-0.15, -0.1) is 0 Å². The molecule has 0 aromatic carbocycles. The van der Waals surface area contributed by atoms with Crippen molar-refractivity contribution < 1.29 is 0 Å². The molecule has 62 valence electrons. The molecule has 0 aliphatic carbocycles. The number of hydrogen-bond acceptors (Lipinski definition) is 2. The lowest BCUT2D eigenvalue weighted by atomic mass is 10.1. The van der Waals surface area contributed by atoms with Crippen LogP contribution in [0, 0.1) is 0 Å². The van der Waals surface area contributed by atoms with Gasteiger partial charge in [-0.3, -0.25) is 4.68 Å². The van der Waals surface area contributed by atoms with Crippen molar-refractivity contribution in [3.05, 3.63) is 16.4 Å². The monoisotopic (exact) mass is 217 g/mol. The first-order valence-electron chi connectivity index (χ1n) is 3.54. The van der Waals surface area contributed by atoms with Gasteiger partial charge in [-0.25, -0.2) is 0 Å². The van der Waals surface area contributed by atoms with Gasteiger partial charge in [-0.2, -0.15) is 5.10 Å². The molecule has 0 aliphatic heterocycles. The van der Waals surface area contributed by atoms with Crippen molar-refractivity contribution in [3.63, 3.8) is 0 Å². The van der Waals surface area contributed by atoms with E-state index in [9.17, 15) is 0 Å². The molecule has 0 saturated heterocycles. The third-order valence-electron chi connectivity index (χ3n) is 1.63. The maximum atomic E-state index is 5.51. The van der Waals surface area contributed by atoms with E-state index in [4.69, 9.17) is 5.73 Å². The Balaban J connectivity index is 2.93. The fourth-order valence-corrected chi connectivity index (χ4v) is 1.69. The van der Waals surface area contributed by atoms with Crippen molar-refractivity contribution in [3.8, 4) is 0 Å². The van der Waals surface area contributed by atoms with Gasteiger partial charge < -0.3 is 5.73 Å². The predicted octanol–water partition coefficient (Wildman–Crippen LogP) is 1.24. The van der Waals surface area contributed by atoms with Crippen LogP contribution in [0.3, 0.4) is 0 Å². The summed E-state index contributed by atoms with van der Waals surface area (Å²) in [5.74, 6) is 0.325. The zero-order chi connectivity index (χ0) is 8.43. The van der Waals surface area contributed by atoms with Crippen LogP contribution in [0.5, 0.6) is 0 Å². The molecule has 0 bridgehead atoms. The van der Waals surface area contributed by atoms with Crippen LogP contribution in [0.15, 0.2) is 10.7 Å². The lowest BCUT2D eigenvalue weighted by Gasteiger charge is -2.03. The Kier molecular flexibility index (Phi) is 2.67. The van der Waals surface area contributed by atoms with E-state index in [1.807, 2.05) is 13.2 Å². The Morgan fingerprint density at radius 1 is 1.82 bits per heavy atom. The summed E-state index contributed by atoms with van der Waals surface area (Å²) in [6.45, 7) is 2.70. The van der Waals surface area contributed by atoms with Gasteiger partial charge in [0.05, 0.1) is 10.2 Å². The van der Waals surface area contributed by atoms with E-state index in [-0.39, 0.29) is 0 Å². The number of rotatable bonds is 2. The van der Waals surface area contributed by atoms with Crippen LogP contribution >= 0.6 is 15.9 Å². The minimum absolute atomic E-state index is 0.325. The van der Waals surface area contributed by atoms with Crippen LogP contribution in [0.1, 0.15) is 18.5 Å². The van der Waals surface area contributed by atoms with Crippen molar-refractivity contribution in [2.75, 3.05) is 6.54 Å². The second kappa shape index (κ2) is 3.36. The largest absolute Gasteiger partial charge is 0.330 e. The smallest absolute Gasteiger partial charge is 0.0807 e. The highest BCUT2D eigenvalue weighted by Crippen LogP contribution is 2.21. The van der Waals surface area contributed by atoms with Crippen LogP contribution in [0.25, 0.3) is 0 Å². The van der Waals surface area contributed by atoms with Gasteiger partial charge in [0.2, 0.25) is 0 Å². The molecule has 0 spiro atoms. The molecule has 1 heterocycles. The Hall–Kier alpha value is -0.350. The van der Waals surface area contributed by atoms with Gasteiger partial charge in [0, 0.05) is 25.7 Å². The molecule has 1 unspecified atom stereocenters. The quantitative estimate of drug-likeness (QED) is 0.811. The Labute approximate surface area is 74.7 Å². The van der Waals surface area contributed by atoms with Crippen LogP contribution < -0.4 is 5.73 Å². The van der Waals surface area contributed by atoms with Crippen molar-refractivity contribution in [1.82, 2.24) is 9.78 Å². The normalized spacial score (nSPS) is 13.5. The van der Waals surface area contributed by atoms with Gasteiger partial charge in [0.1, 0.15) is 0 Å². The molecule has 11 heavy (non-hydrogen) atoms. The van der Waals surface area contributed by atoms with Gasteiger partial charge >= 0.3 is 0 Å². The zero-order valence-electron chi connectivity index (χ0n) is 6.71.